The zero-order valence-corrected chi connectivity index (χ0v) is 17.2. The number of rotatable bonds is 6. The summed E-state index contributed by atoms with van der Waals surface area (Å²) < 4.78 is 0. The topological polar surface area (TPSA) is 40.5 Å². The lowest BCUT2D eigenvalue weighted by Crippen LogP contribution is -2.02. The van der Waals surface area contributed by atoms with E-state index in [-0.39, 0.29) is 11.8 Å². The van der Waals surface area contributed by atoms with Crippen LogP contribution in [0.15, 0.2) is 60.7 Å². The highest BCUT2D eigenvalue weighted by Gasteiger charge is 2.14. The van der Waals surface area contributed by atoms with Gasteiger partial charge in [-0.25, -0.2) is 0 Å². The average Bonchev–Trinajstić information content (AvgIpc) is 2.65. The van der Waals surface area contributed by atoms with E-state index in [1.807, 2.05) is 12.1 Å². The van der Waals surface area contributed by atoms with Gasteiger partial charge in [-0.2, -0.15) is 0 Å². The fourth-order valence-corrected chi connectivity index (χ4v) is 3.95. The Morgan fingerprint density at radius 2 is 1.07 bits per heavy atom. The van der Waals surface area contributed by atoms with E-state index in [0.29, 0.717) is 11.5 Å². The predicted molar refractivity (Wildman–Crippen MR) is 116 cm³/mol. The van der Waals surface area contributed by atoms with Crippen LogP contribution >= 0.6 is 0 Å². The highest BCUT2D eigenvalue weighted by molar-refractivity contribution is 5.40. The molecule has 0 radical (unpaired) electrons. The third-order valence-corrected chi connectivity index (χ3v) is 5.50. The van der Waals surface area contributed by atoms with Crippen molar-refractivity contribution < 1.29 is 10.2 Å². The normalized spacial score (nSPS) is 13.3. The minimum atomic E-state index is 0.244. The van der Waals surface area contributed by atoms with Crippen molar-refractivity contribution in [1.29, 1.82) is 0 Å². The Morgan fingerprint density at radius 3 is 1.50 bits per heavy atom. The average molecular weight is 375 g/mol. The van der Waals surface area contributed by atoms with Gasteiger partial charge in [0.2, 0.25) is 0 Å². The molecular formula is C26H30O2. The van der Waals surface area contributed by atoms with E-state index in [4.69, 9.17) is 0 Å². The first-order valence-corrected chi connectivity index (χ1v) is 10.0. The molecule has 3 rings (SSSR count). The van der Waals surface area contributed by atoms with Gasteiger partial charge < -0.3 is 10.2 Å². The van der Waals surface area contributed by atoms with Gasteiger partial charge in [-0.15, -0.1) is 0 Å². The zero-order valence-electron chi connectivity index (χ0n) is 17.2. The van der Waals surface area contributed by atoms with Crippen molar-refractivity contribution in [1.82, 2.24) is 0 Å². The minimum Gasteiger partial charge on any atom is -0.508 e. The Morgan fingerprint density at radius 1 is 0.643 bits per heavy atom. The smallest absolute Gasteiger partial charge is 0.119 e. The Kier molecular flexibility index (Phi) is 6.08. The summed E-state index contributed by atoms with van der Waals surface area (Å²) in [6, 6.07) is 20.3. The number of hydrogen-bond donors (Lipinski definition) is 2. The van der Waals surface area contributed by atoms with E-state index < -0.39 is 0 Å². The number of phenols is 2. The maximum absolute atomic E-state index is 10.2. The summed E-state index contributed by atoms with van der Waals surface area (Å²) in [5.74, 6) is 1.23. The summed E-state index contributed by atoms with van der Waals surface area (Å²) >= 11 is 0. The minimum absolute atomic E-state index is 0.244. The van der Waals surface area contributed by atoms with Gasteiger partial charge in [-0.1, -0.05) is 73.5 Å². The molecule has 2 unspecified atom stereocenters. The molecule has 0 bridgehead atoms. The monoisotopic (exact) mass is 374 g/mol. The molecule has 0 heterocycles. The van der Waals surface area contributed by atoms with Crippen LogP contribution in [0.3, 0.4) is 0 Å². The van der Waals surface area contributed by atoms with Crippen LogP contribution in [0.5, 0.6) is 11.5 Å². The van der Waals surface area contributed by atoms with E-state index >= 15 is 0 Å². The van der Waals surface area contributed by atoms with Crippen molar-refractivity contribution in [2.75, 3.05) is 0 Å². The molecular weight excluding hydrogens is 344 g/mol. The third-order valence-electron chi connectivity index (χ3n) is 5.50. The number of aromatic hydroxyl groups is 2. The first-order valence-electron chi connectivity index (χ1n) is 10.0. The molecule has 0 fully saturated rings. The summed E-state index contributed by atoms with van der Waals surface area (Å²) in [4.78, 5) is 0. The molecule has 2 N–H and O–H groups in total. The van der Waals surface area contributed by atoms with Gasteiger partial charge in [0.05, 0.1) is 0 Å². The summed E-state index contributed by atoms with van der Waals surface area (Å²) in [5.41, 5.74) is 6.88. The summed E-state index contributed by atoms with van der Waals surface area (Å²) in [6.45, 7) is 8.43. The highest BCUT2D eigenvalue weighted by Crippen LogP contribution is 2.31. The second kappa shape index (κ2) is 8.52. The molecule has 0 aliphatic heterocycles. The SMILES string of the molecule is Cc1ccc(O)c(C(C)Cc2cccc(CC(C)c3cc(C)ccc3O)c2)c1. The fraction of sp³-hybridized carbons (Fsp3) is 0.308. The first kappa shape index (κ1) is 20.0. The van der Waals surface area contributed by atoms with Crippen molar-refractivity contribution in [3.05, 3.63) is 94.0 Å². The Balaban J connectivity index is 1.75. The van der Waals surface area contributed by atoms with Crippen molar-refractivity contribution in [3.8, 4) is 11.5 Å². The lowest BCUT2D eigenvalue weighted by atomic mass is 9.89. The van der Waals surface area contributed by atoms with Crippen LogP contribution in [-0.2, 0) is 12.8 Å². The number of phenolic OH excluding ortho intramolecular Hbond substituents is 2. The van der Waals surface area contributed by atoms with Crippen molar-refractivity contribution in [3.63, 3.8) is 0 Å². The molecule has 2 heteroatoms. The van der Waals surface area contributed by atoms with Crippen molar-refractivity contribution in [2.24, 2.45) is 0 Å². The second-order valence-corrected chi connectivity index (χ2v) is 8.15. The quantitative estimate of drug-likeness (QED) is 0.523. The first-order chi connectivity index (χ1) is 13.3. The zero-order chi connectivity index (χ0) is 20.3. The van der Waals surface area contributed by atoms with Gasteiger partial charge >= 0.3 is 0 Å². The summed E-state index contributed by atoms with van der Waals surface area (Å²) in [6.07, 6.45) is 1.77. The molecule has 0 aliphatic carbocycles. The Hall–Kier alpha value is -2.74. The van der Waals surface area contributed by atoms with E-state index in [0.717, 1.165) is 24.0 Å². The van der Waals surface area contributed by atoms with Gasteiger partial charge in [0.25, 0.3) is 0 Å². The highest BCUT2D eigenvalue weighted by atomic mass is 16.3. The number of benzene rings is 3. The van der Waals surface area contributed by atoms with Crippen LogP contribution in [-0.4, -0.2) is 10.2 Å². The summed E-state index contributed by atoms with van der Waals surface area (Å²) in [7, 11) is 0. The van der Waals surface area contributed by atoms with E-state index in [1.165, 1.54) is 22.3 Å². The van der Waals surface area contributed by atoms with Gasteiger partial charge in [-0.3, -0.25) is 0 Å². The maximum atomic E-state index is 10.2. The van der Waals surface area contributed by atoms with Crippen LogP contribution in [0.2, 0.25) is 0 Å². The number of aryl methyl sites for hydroxylation is 2. The molecule has 0 spiro atoms. The molecule has 0 saturated carbocycles. The van der Waals surface area contributed by atoms with E-state index in [9.17, 15) is 10.2 Å². The maximum Gasteiger partial charge on any atom is 0.119 e. The molecule has 0 saturated heterocycles. The third kappa shape index (κ3) is 4.75. The van der Waals surface area contributed by atoms with Crippen LogP contribution in [0, 0.1) is 13.8 Å². The molecule has 2 atom stereocenters. The van der Waals surface area contributed by atoms with Crippen LogP contribution in [0.4, 0.5) is 0 Å². The lowest BCUT2D eigenvalue weighted by Gasteiger charge is -2.17. The molecule has 3 aromatic rings. The molecule has 3 aromatic carbocycles. The molecule has 146 valence electrons. The van der Waals surface area contributed by atoms with E-state index in [2.05, 4.69) is 64.1 Å². The predicted octanol–water partition coefficient (Wildman–Crippen LogP) is 6.41. The molecule has 0 aliphatic rings. The van der Waals surface area contributed by atoms with Crippen molar-refractivity contribution >= 4 is 0 Å². The lowest BCUT2D eigenvalue weighted by molar-refractivity contribution is 0.462. The van der Waals surface area contributed by atoms with Crippen molar-refractivity contribution in [2.45, 2.75) is 52.4 Å². The second-order valence-electron chi connectivity index (χ2n) is 8.15. The van der Waals surface area contributed by atoms with Crippen LogP contribution in [0.1, 0.15) is 59.1 Å². The fourth-order valence-electron chi connectivity index (χ4n) is 3.95. The van der Waals surface area contributed by atoms with Crippen LogP contribution < -0.4 is 0 Å². The molecule has 28 heavy (non-hydrogen) atoms. The van der Waals surface area contributed by atoms with E-state index in [1.54, 1.807) is 12.1 Å². The van der Waals surface area contributed by atoms with Gasteiger partial charge in [0, 0.05) is 0 Å². The summed E-state index contributed by atoms with van der Waals surface area (Å²) in [5, 5.41) is 20.4. The van der Waals surface area contributed by atoms with Gasteiger partial charge in [0.1, 0.15) is 11.5 Å². The molecule has 0 aromatic heterocycles. The largest absolute Gasteiger partial charge is 0.508 e. The Bertz CT molecular complexity index is 884. The van der Waals surface area contributed by atoms with Gasteiger partial charge in [0.15, 0.2) is 0 Å². The number of hydrogen-bond acceptors (Lipinski definition) is 2. The molecule has 0 amide bonds. The van der Waals surface area contributed by atoms with Gasteiger partial charge in [-0.05, 0) is 72.9 Å². The standard InChI is InChI=1S/C26H30O2/c1-17-8-10-25(27)23(12-17)19(3)14-21-6-5-7-22(16-21)15-20(4)24-13-18(2)9-11-26(24)28/h5-13,16,19-20,27-28H,14-15H2,1-4H3. The molecule has 2 nitrogen and oxygen atoms in total. The van der Waals surface area contributed by atoms with Crippen LogP contribution in [0.25, 0.3) is 0 Å². The Labute approximate surface area is 168 Å².